The summed E-state index contributed by atoms with van der Waals surface area (Å²) in [6.45, 7) is 2.16. The van der Waals surface area contributed by atoms with Gasteiger partial charge in [0.25, 0.3) is 0 Å². The summed E-state index contributed by atoms with van der Waals surface area (Å²) in [5.41, 5.74) is 4.14. The van der Waals surface area contributed by atoms with Gasteiger partial charge in [-0.3, -0.25) is 0 Å². The van der Waals surface area contributed by atoms with Crippen molar-refractivity contribution in [3.05, 3.63) is 106 Å². The molecule has 27 heavy (non-hydrogen) atoms. The number of alkyl halides is 1. The lowest BCUT2D eigenvalue weighted by molar-refractivity contribution is 0.338. The van der Waals surface area contributed by atoms with E-state index in [1.165, 1.54) is 11.6 Å². The number of hydrogen-bond donors (Lipinski definition) is 0. The maximum absolute atomic E-state index is 14.4. The molecule has 0 nitrogen and oxygen atoms in total. The second kappa shape index (κ2) is 9.27. The van der Waals surface area contributed by atoms with Crippen molar-refractivity contribution in [1.29, 1.82) is 0 Å². The molecule has 3 aromatic rings. The van der Waals surface area contributed by atoms with E-state index in [9.17, 15) is 8.78 Å². The third-order valence-corrected chi connectivity index (χ3v) is 4.62. The Kier molecular flexibility index (Phi) is 6.54. The summed E-state index contributed by atoms with van der Waals surface area (Å²) in [4.78, 5) is 0. The van der Waals surface area contributed by atoms with Crippen molar-refractivity contribution >= 4 is 12.2 Å². The molecule has 0 aliphatic rings. The minimum Gasteiger partial charge on any atom is -0.242 e. The molecular weight excluding hydrogens is 338 g/mol. The average molecular weight is 362 g/mol. The molecule has 0 bridgehead atoms. The van der Waals surface area contributed by atoms with Crippen LogP contribution in [-0.4, -0.2) is 0 Å². The largest absolute Gasteiger partial charge is 0.242 e. The molecule has 0 saturated heterocycles. The second-order valence-corrected chi connectivity index (χ2v) is 6.76. The van der Waals surface area contributed by atoms with Crippen molar-refractivity contribution in [3.63, 3.8) is 0 Å². The van der Waals surface area contributed by atoms with Crippen LogP contribution in [0.5, 0.6) is 0 Å². The predicted octanol–water partition coefficient (Wildman–Crippen LogP) is 7.20. The van der Waals surface area contributed by atoms with Gasteiger partial charge in [0.2, 0.25) is 0 Å². The minimum absolute atomic E-state index is 0.0404. The van der Waals surface area contributed by atoms with Crippen molar-refractivity contribution in [2.24, 2.45) is 0 Å². The molecule has 2 heteroatoms. The van der Waals surface area contributed by atoms with Crippen molar-refractivity contribution < 1.29 is 8.78 Å². The molecule has 0 heterocycles. The highest BCUT2D eigenvalue weighted by molar-refractivity contribution is 5.69. The van der Waals surface area contributed by atoms with Crippen LogP contribution in [0.3, 0.4) is 0 Å². The second-order valence-electron chi connectivity index (χ2n) is 6.76. The zero-order valence-electron chi connectivity index (χ0n) is 15.5. The topological polar surface area (TPSA) is 0 Å². The molecule has 0 aliphatic heterocycles. The van der Waals surface area contributed by atoms with Crippen LogP contribution in [0.15, 0.2) is 72.8 Å². The van der Waals surface area contributed by atoms with Crippen molar-refractivity contribution in [3.8, 4) is 0 Å². The quantitative estimate of drug-likeness (QED) is 0.390. The lowest BCUT2D eigenvalue weighted by Gasteiger charge is -2.10. The van der Waals surface area contributed by atoms with Crippen LogP contribution in [0.4, 0.5) is 8.78 Å². The van der Waals surface area contributed by atoms with Crippen molar-refractivity contribution in [2.75, 3.05) is 0 Å². The van der Waals surface area contributed by atoms with Crippen molar-refractivity contribution in [2.45, 2.75) is 32.4 Å². The van der Waals surface area contributed by atoms with Gasteiger partial charge in [-0.15, -0.1) is 0 Å². The average Bonchev–Trinajstić information content (AvgIpc) is 2.70. The standard InChI is InChI=1S/C25H24F2/c1-2-6-19-9-11-20(12-10-19)13-14-21-15-16-23(24(26)17-21)18-25(27)22-7-4-3-5-8-22/h3-5,7-17,25H,2,6,18H2,1H3/t25-/m0/s1. The summed E-state index contributed by atoms with van der Waals surface area (Å²) in [5, 5.41) is 0. The van der Waals surface area contributed by atoms with Crippen LogP contribution < -0.4 is 0 Å². The summed E-state index contributed by atoms with van der Waals surface area (Å²) in [7, 11) is 0. The summed E-state index contributed by atoms with van der Waals surface area (Å²) >= 11 is 0. The van der Waals surface area contributed by atoms with Crippen LogP contribution >= 0.6 is 0 Å². The molecule has 0 unspecified atom stereocenters. The number of aryl methyl sites for hydroxylation is 1. The fourth-order valence-electron chi connectivity index (χ4n) is 3.08. The predicted molar refractivity (Wildman–Crippen MR) is 110 cm³/mol. The zero-order valence-corrected chi connectivity index (χ0v) is 15.5. The first-order valence-corrected chi connectivity index (χ1v) is 9.40. The lowest BCUT2D eigenvalue weighted by Crippen LogP contribution is -1.99. The normalized spacial score (nSPS) is 12.4. The molecule has 0 spiro atoms. The van der Waals surface area contributed by atoms with Gasteiger partial charge in [0.05, 0.1) is 0 Å². The molecule has 0 N–H and O–H groups in total. The molecule has 0 saturated carbocycles. The van der Waals surface area contributed by atoms with E-state index < -0.39 is 6.17 Å². The highest BCUT2D eigenvalue weighted by Crippen LogP contribution is 2.24. The first kappa shape index (κ1) is 19.0. The molecule has 0 aromatic heterocycles. The Morgan fingerprint density at radius 1 is 0.852 bits per heavy atom. The fourth-order valence-corrected chi connectivity index (χ4v) is 3.08. The van der Waals surface area contributed by atoms with E-state index in [1.807, 2.05) is 24.3 Å². The van der Waals surface area contributed by atoms with E-state index in [4.69, 9.17) is 0 Å². The van der Waals surface area contributed by atoms with Crippen LogP contribution in [0, 0.1) is 5.82 Å². The molecular formula is C25H24F2. The van der Waals surface area contributed by atoms with E-state index >= 15 is 0 Å². The SMILES string of the molecule is CCCc1ccc(C=Cc2ccc(C[C@H](F)c3ccccc3)c(F)c2)cc1. The Balaban J connectivity index is 1.67. The van der Waals surface area contributed by atoms with Gasteiger partial charge in [-0.1, -0.05) is 92.2 Å². The van der Waals surface area contributed by atoms with Gasteiger partial charge in [-0.05, 0) is 40.3 Å². The molecule has 0 aliphatic carbocycles. The van der Waals surface area contributed by atoms with Crippen molar-refractivity contribution in [1.82, 2.24) is 0 Å². The van der Waals surface area contributed by atoms with E-state index in [0.29, 0.717) is 11.1 Å². The van der Waals surface area contributed by atoms with Crippen LogP contribution in [0.1, 0.15) is 47.3 Å². The Hall–Kier alpha value is -2.74. The Labute approximate surface area is 160 Å². The number of halogens is 2. The summed E-state index contributed by atoms with van der Waals surface area (Å²) in [6.07, 6.45) is 4.89. The van der Waals surface area contributed by atoms with E-state index in [-0.39, 0.29) is 12.2 Å². The molecule has 3 aromatic carbocycles. The molecule has 1 atom stereocenters. The molecule has 138 valence electrons. The van der Waals surface area contributed by atoms with E-state index in [2.05, 4.69) is 31.2 Å². The van der Waals surface area contributed by atoms with Crippen LogP contribution in [0.25, 0.3) is 12.2 Å². The van der Waals surface area contributed by atoms with Crippen LogP contribution in [-0.2, 0) is 12.8 Å². The number of hydrogen-bond acceptors (Lipinski definition) is 0. The highest BCUT2D eigenvalue weighted by atomic mass is 19.1. The summed E-state index contributed by atoms with van der Waals surface area (Å²) in [5.74, 6) is -0.367. The molecule has 0 fully saturated rings. The molecule has 0 amide bonds. The Bertz CT molecular complexity index is 880. The zero-order chi connectivity index (χ0) is 19.1. The Morgan fingerprint density at radius 3 is 2.19 bits per heavy atom. The maximum Gasteiger partial charge on any atom is 0.129 e. The highest BCUT2D eigenvalue weighted by Gasteiger charge is 2.13. The first-order valence-electron chi connectivity index (χ1n) is 9.40. The maximum atomic E-state index is 14.4. The number of rotatable bonds is 7. The van der Waals surface area contributed by atoms with Gasteiger partial charge in [0, 0.05) is 6.42 Å². The van der Waals surface area contributed by atoms with Gasteiger partial charge < -0.3 is 0 Å². The molecule has 0 radical (unpaired) electrons. The smallest absolute Gasteiger partial charge is 0.129 e. The van der Waals surface area contributed by atoms with Gasteiger partial charge in [0.15, 0.2) is 0 Å². The van der Waals surface area contributed by atoms with E-state index in [1.54, 1.807) is 30.3 Å². The van der Waals surface area contributed by atoms with Gasteiger partial charge in [-0.25, -0.2) is 8.78 Å². The molecule has 3 rings (SSSR count). The fraction of sp³-hybridized carbons (Fsp3) is 0.200. The van der Waals surface area contributed by atoms with Crippen LogP contribution in [0.2, 0.25) is 0 Å². The van der Waals surface area contributed by atoms with E-state index in [0.717, 1.165) is 24.0 Å². The summed E-state index contributed by atoms with van der Waals surface area (Å²) < 4.78 is 28.8. The lowest BCUT2D eigenvalue weighted by atomic mass is 10.0. The third-order valence-electron chi connectivity index (χ3n) is 4.62. The van der Waals surface area contributed by atoms with Gasteiger partial charge in [0.1, 0.15) is 12.0 Å². The third kappa shape index (κ3) is 5.37. The number of benzene rings is 3. The monoisotopic (exact) mass is 362 g/mol. The first-order chi connectivity index (χ1) is 13.2. The minimum atomic E-state index is -1.20. The Morgan fingerprint density at radius 2 is 1.52 bits per heavy atom. The van der Waals surface area contributed by atoms with Gasteiger partial charge >= 0.3 is 0 Å². The summed E-state index contributed by atoms with van der Waals surface area (Å²) in [6, 6.07) is 22.2. The van der Waals surface area contributed by atoms with Gasteiger partial charge in [-0.2, -0.15) is 0 Å².